The highest BCUT2D eigenvalue weighted by Gasteiger charge is 2.11. The third kappa shape index (κ3) is 3.34. The first kappa shape index (κ1) is 15.6. The number of rotatable bonds is 5. The molecule has 2 aromatic carbocycles. The number of H-pyrrole nitrogens is 1. The number of aromatic nitrogens is 4. The fraction of sp³-hybridized carbons (Fsp3) is 0.118. The van der Waals surface area contributed by atoms with Gasteiger partial charge in [0.05, 0.1) is 23.9 Å². The van der Waals surface area contributed by atoms with E-state index >= 15 is 0 Å². The van der Waals surface area contributed by atoms with Gasteiger partial charge in [-0.3, -0.25) is 0 Å². The molecule has 0 aliphatic rings. The molecule has 0 spiro atoms. The maximum atomic E-state index is 13.0. The Morgan fingerprint density at radius 3 is 2.80 bits per heavy atom. The van der Waals surface area contributed by atoms with Crippen LogP contribution in [0.3, 0.4) is 0 Å². The lowest BCUT2D eigenvalue weighted by atomic mass is 10.2. The molecule has 0 amide bonds. The van der Waals surface area contributed by atoms with Crippen molar-refractivity contribution in [1.82, 2.24) is 20.1 Å². The first-order chi connectivity index (χ1) is 12.2. The predicted octanol–water partition coefficient (Wildman–Crippen LogP) is 4.05. The van der Waals surface area contributed by atoms with Crippen molar-refractivity contribution in [2.45, 2.75) is 10.9 Å². The van der Waals surface area contributed by atoms with E-state index < -0.39 is 0 Å². The normalized spacial score (nSPS) is 11.1. The Kier molecular flexibility index (Phi) is 4.10. The molecule has 4 rings (SSSR count). The molecule has 0 atom stereocenters. The van der Waals surface area contributed by atoms with Gasteiger partial charge in [-0.25, -0.2) is 9.37 Å². The Bertz CT molecular complexity index is 1010. The minimum atomic E-state index is -0.305. The molecule has 0 unspecified atom stereocenters. The van der Waals surface area contributed by atoms with Gasteiger partial charge in [0.15, 0.2) is 11.0 Å². The highest BCUT2D eigenvalue weighted by atomic mass is 32.2. The molecular weight excluding hydrogens is 343 g/mol. The van der Waals surface area contributed by atoms with E-state index in [1.54, 1.807) is 19.2 Å². The van der Waals surface area contributed by atoms with Crippen molar-refractivity contribution in [3.05, 3.63) is 54.1 Å². The van der Waals surface area contributed by atoms with Gasteiger partial charge >= 0.3 is 0 Å². The van der Waals surface area contributed by atoms with Crippen molar-refractivity contribution in [3.63, 3.8) is 0 Å². The van der Waals surface area contributed by atoms with E-state index in [0.29, 0.717) is 23.0 Å². The largest absolute Gasteiger partial charge is 0.497 e. The molecule has 6 nitrogen and oxygen atoms in total. The van der Waals surface area contributed by atoms with Gasteiger partial charge in [-0.2, -0.15) is 4.98 Å². The molecule has 0 aliphatic carbocycles. The smallest absolute Gasteiger partial charge is 0.257 e. The maximum absolute atomic E-state index is 13.0. The molecular formula is C17H13FN4O2S. The summed E-state index contributed by atoms with van der Waals surface area (Å²) in [5.74, 6) is 1.88. The number of hydrogen-bond donors (Lipinski definition) is 1. The van der Waals surface area contributed by atoms with Crippen molar-refractivity contribution in [2.75, 3.05) is 7.11 Å². The van der Waals surface area contributed by atoms with E-state index in [2.05, 4.69) is 20.1 Å². The zero-order chi connectivity index (χ0) is 17.2. The maximum Gasteiger partial charge on any atom is 0.257 e. The van der Waals surface area contributed by atoms with E-state index in [1.165, 1.54) is 23.9 Å². The van der Waals surface area contributed by atoms with Crippen LogP contribution >= 0.6 is 11.8 Å². The average Bonchev–Trinajstić information content (AvgIpc) is 3.26. The van der Waals surface area contributed by atoms with Crippen LogP contribution in [0.4, 0.5) is 4.39 Å². The Morgan fingerprint density at radius 1 is 1.16 bits per heavy atom. The van der Waals surface area contributed by atoms with Gasteiger partial charge in [0.1, 0.15) is 11.6 Å². The van der Waals surface area contributed by atoms with Crippen molar-refractivity contribution in [3.8, 4) is 17.2 Å². The van der Waals surface area contributed by atoms with Crippen LogP contribution < -0.4 is 4.74 Å². The molecule has 4 aromatic rings. The zero-order valence-corrected chi connectivity index (χ0v) is 14.0. The topological polar surface area (TPSA) is 76.8 Å². The number of thioether (sulfide) groups is 1. The summed E-state index contributed by atoms with van der Waals surface area (Å²) in [4.78, 5) is 12.1. The number of nitrogens with one attached hydrogen (secondary N) is 1. The zero-order valence-electron chi connectivity index (χ0n) is 13.2. The summed E-state index contributed by atoms with van der Waals surface area (Å²) < 4.78 is 23.4. The minimum absolute atomic E-state index is 0.305. The summed E-state index contributed by atoms with van der Waals surface area (Å²) >= 11 is 1.47. The summed E-state index contributed by atoms with van der Waals surface area (Å²) in [5.41, 5.74) is 2.45. The van der Waals surface area contributed by atoms with Gasteiger partial charge < -0.3 is 14.2 Å². The number of imidazole rings is 1. The third-order valence-electron chi connectivity index (χ3n) is 3.56. The Balaban J connectivity index is 1.47. The lowest BCUT2D eigenvalue weighted by Gasteiger charge is -1.96. The highest BCUT2D eigenvalue weighted by Crippen LogP contribution is 2.25. The molecule has 126 valence electrons. The first-order valence-corrected chi connectivity index (χ1v) is 8.45. The third-order valence-corrected chi connectivity index (χ3v) is 4.43. The molecule has 0 bridgehead atoms. The lowest BCUT2D eigenvalue weighted by molar-refractivity contribution is 0.415. The van der Waals surface area contributed by atoms with Crippen molar-refractivity contribution in [2.24, 2.45) is 0 Å². The van der Waals surface area contributed by atoms with Gasteiger partial charge in [-0.15, -0.1) is 0 Å². The summed E-state index contributed by atoms with van der Waals surface area (Å²) in [6.07, 6.45) is 0. The van der Waals surface area contributed by atoms with E-state index in [9.17, 15) is 4.39 Å². The second-order valence-corrected chi connectivity index (χ2v) is 6.20. The standard InChI is InChI=1S/C17H13FN4O2S/c1-23-12-6-7-13-14(8-12)20-17(19-13)25-9-15-21-16(24-22-15)10-2-4-11(18)5-3-10/h2-8H,9H2,1H3,(H,19,20). The first-order valence-electron chi connectivity index (χ1n) is 7.46. The van der Waals surface area contributed by atoms with Crippen molar-refractivity contribution in [1.29, 1.82) is 0 Å². The molecule has 2 heterocycles. The van der Waals surface area contributed by atoms with Gasteiger partial charge in [-0.05, 0) is 36.4 Å². The van der Waals surface area contributed by atoms with Crippen molar-refractivity contribution >= 4 is 22.8 Å². The summed E-state index contributed by atoms with van der Waals surface area (Å²) in [6, 6.07) is 11.6. The van der Waals surface area contributed by atoms with E-state index in [1.807, 2.05) is 18.2 Å². The quantitative estimate of drug-likeness (QED) is 0.544. The Morgan fingerprint density at radius 2 is 2.00 bits per heavy atom. The fourth-order valence-corrected chi connectivity index (χ4v) is 3.04. The van der Waals surface area contributed by atoms with Crippen LogP contribution in [-0.4, -0.2) is 27.2 Å². The van der Waals surface area contributed by atoms with E-state index in [-0.39, 0.29) is 5.82 Å². The van der Waals surface area contributed by atoms with Gasteiger partial charge in [0.25, 0.3) is 5.89 Å². The predicted molar refractivity (Wildman–Crippen MR) is 91.9 cm³/mol. The second kappa shape index (κ2) is 6.56. The molecule has 0 saturated heterocycles. The van der Waals surface area contributed by atoms with Crippen molar-refractivity contribution < 1.29 is 13.7 Å². The van der Waals surface area contributed by atoms with Crippen LogP contribution in [0.2, 0.25) is 0 Å². The average molecular weight is 356 g/mol. The molecule has 8 heteroatoms. The number of fused-ring (bicyclic) bond motifs is 1. The number of hydrogen-bond acceptors (Lipinski definition) is 6. The minimum Gasteiger partial charge on any atom is -0.497 e. The lowest BCUT2D eigenvalue weighted by Crippen LogP contribution is -1.85. The molecule has 0 aliphatic heterocycles. The molecule has 25 heavy (non-hydrogen) atoms. The molecule has 0 saturated carbocycles. The van der Waals surface area contributed by atoms with E-state index in [4.69, 9.17) is 9.26 Å². The van der Waals surface area contributed by atoms with E-state index in [0.717, 1.165) is 21.9 Å². The summed E-state index contributed by atoms with van der Waals surface area (Å²) in [7, 11) is 1.63. The van der Waals surface area contributed by atoms with Crippen LogP contribution in [0.5, 0.6) is 5.75 Å². The monoisotopic (exact) mass is 356 g/mol. The molecule has 1 N–H and O–H groups in total. The number of aromatic amines is 1. The Hall–Kier alpha value is -2.87. The summed E-state index contributed by atoms with van der Waals surface area (Å²) in [5, 5.41) is 4.71. The van der Waals surface area contributed by atoms with Gasteiger partial charge in [0, 0.05) is 11.6 Å². The number of nitrogens with zero attached hydrogens (tertiary/aromatic N) is 3. The van der Waals surface area contributed by atoms with Crippen LogP contribution in [-0.2, 0) is 5.75 Å². The summed E-state index contributed by atoms with van der Waals surface area (Å²) in [6.45, 7) is 0. The number of halogens is 1. The van der Waals surface area contributed by atoms with Crippen LogP contribution in [0, 0.1) is 5.82 Å². The van der Waals surface area contributed by atoms with Crippen LogP contribution in [0.1, 0.15) is 5.82 Å². The van der Waals surface area contributed by atoms with Gasteiger partial charge in [-0.1, -0.05) is 16.9 Å². The molecule has 0 radical (unpaired) electrons. The number of methoxy groups -OCH3 is 1. The van der Waals surface area contributed by atoms with Crippen LogP contribution in [0.25, 0.3) is 22.5 Å². The number of benzene rings is 2. The second-order valence-electron chi connectivity index (χ2n) is 5.24. The van der Waals surface area contributed by atoms with Crippen LogP contribution in [0.15, 0.2) is 52.1 Å². The SMILES string of the molecule is COc1ccc2nc(SCc3noc(-c4ccc(F)cc4)n3)[nH]c2c1. The fourth-order valence-electron chi connectivity index (χ4n) is 2.32. The number of ether oxygens (including phenoxy) is 1. The highest BCUT2D eigenvalue weighted by molar-refractivity contribution is 7.98. The Labute approximate surface area is 146 Å². The van der Waals surface area contributed by atoms with Gasteiger partial charge in [0.2, 0.25) is 0 Å². The molecule has 0 fully saturated rings. The molecule has 2 aromatic heterocycles.